The zero-order chi connectivity index (χ0) is 19.4. The van der Waals surface area contributed by atoms with E-state index in [-0.39, 0.29) is 18.7 Å². The lowest BCUT2D eigenvalue weighted by Gasteiger charge is -2.14. The van der Waals surface area contributed by atoms with Gasteiger partial charge in [0, 0.05) is 19.7 Å². The summed E-state index contributed by atoms with van der Waals surface area (Å²) in [6, 6.07) is 0. The Bertz CT molecular complexity index is 960. The Hall–Kier alpha value is -3.37. The molecular weight excluding hydrogens is 352 g/mol. The first kappa shape index (κ1) is 18.4. The molecule has 3 heterocycles. The van der Waals surface area contributed by atoms with Crippen molar-refractivity contribution in [3.8, 4) is 0 Å². The summed E-state index contributed by atoms with van der Waals surface area (Å²) in [5.74, 6) is 1.20. The van der Waals surface area contributed by atoms with Gasteiger partial charge in [0.25, 0.3) is 11.5 Å². The van der Waals surface area contributed by atoms with Gasteiger partial charge in [-0.25, -0.2) is 14.6 Å². The molecule has 0 aromatic carbocycles. The summed E-state index contributed by atoms with van der Waals surface area (Å²) in [6.07, 6.45) is 4.83. The quantitative estimate of drug-likeness (QED) is 0.624. The standard InChI is InChI=1S/C16H20N8O3/c1-10(2)4-12-20-14(27-22-12)7-23(3)16(26)11-5-18-13(21-15(11)25)6-24-9-17-8-19-24/h5,8-10H,4,6-7H2,1-3H3,(H,18,21,25). The molecule has 11 nitrogen and oxygen atoms in total. The van der Waals surface area contributed by atoms with Crippen molar-refractivity contribution in [2.75, 3.05) is 7.05 Å². The first-order valence-corrected chi connectivity index (χ1v) is 8.40. The van der Waals surface area contributed by atoms with Gasteiger partial charge in [0.2, 0.25) is 5.89 Å². The highest BCUT2D eigenvalue weighted by Gasteiger charge is 2.19. The SMILES string of the molecule is CC(C)Cc1noc(CN(C)C(=O)c2cnc(Cn3cncn3)[nH]c2=O)n1. The maximum absolute atomic E-state index is 12.5. The van der Waals surface area contributed by atoms with Crippen molar-refractivity contribution in [3.63, 3.8) is 0 Å². The molecule has 0 radical (unpaired) electrons. The summed E-state index contributed by atoms with van der Waals surface area (Å²) in [5, 5.41) is 7.83. The Morgan fingerprint density at radius 3 is 2.89 bits per heavy atom. The van der Waals surface area contributed by atoms with Crippen LogP contribution < -0.4 is 5.56 Å². The molecule has 0 atom stereocenters. The minimum Gasteiger partial charge on any atom is -0.337 e. The fourth-order valence-corrected chi connectivity index (χ4v) is 2.42. The average Bonchev–Trinajstić information content (AvgIpc) is 3.26. The molecule has 0 unspecified atom stereocenters. The molecule has 0 spiro atoms. The van der Waals surface area contributed by atoms with Gasteiger partial charge in [0.15, 0.2) is 5.82 Å². The van der Waals surface area contributed by atoms with E-state index in [9.17, 15) is 9.59 Å². The molecule has 27 heavy (non-hydrogen) atoms. The second-order valence-electron chi connectivity index (χ2n) is 6.53. The Morgan fingerprint density at radius 1 is 1.41 bits per heavy atom. The summed E-state index contributed by atoms with van der Waals surface area (Å²) in [6.45, 7) is 4.46. The number of rotatable bonds is 7. The number of hydrogen-bond donors (Lipinski definition) is 1. The predicted octanol–water partition coefficient (Wildman–Crippen LogP) is 0.263. The van der Waals surface area contributed by atoms with Gasteiger partial charge in [-0.1, -0.05) is 19.0 Å². The summed E-state index contributed by atoms with van der Waals surface area (Å²) in [4.78, 5) is 40.9. The van der Waals surface area contributed by atoms with Crippen LogP contribution in [-0.2, 0) is 19.5 Å². The van der Waals surface area contributed by atoms with Crippen LogP contribution in [0.25, 0.3) is 0 Å². The highest BCUT2D eigenvalue weighted by molar-refractivity contribution is 5.93. The molecule has 0 fully saturated rings. The van der Waals surface area contributed by atoms with E-state index in [2.05, 4.69) is 44.0 Å². The van der Waals surface area contributed by atoms with E-state index in [0.717, 1.165) is 0 Å². The van der Waals surface area contributed by atoms with E-state index in [1.54, 1.807) is 7.05 Å². The van der Waals surface area contributed by atoms with E-state index < -0.39 is 11.5 Å². The van der Waals surface area contributed by atoms with Crippen molar-refractivity contribution >= 4 is 5.91 Å². The first-order chi connectivity index (χ1) is 12.9. The first-order valence-electron chi connectivity index (χ1n) is 8.40. The van der Waals surface area contributed by atoms with Crippen molar-refractivity contribution in [2.24, 2.45) is 5.92 Å². The zero-order valence-corrected chi connectivity index (χ0v) is 15.3. The highest BCUT2D eigenvalue weighted by Crippen LogP contribution is 2.08. The highest BCUT2D eigenvalue weighted by atomic mass is 16.5. The largest absolute Gasteiger partial charge is 0.337 e. The normalized spacial score (nSPS) is 11.1. The van der Waals surface area contributed by atoms with Gasteiger partial charge in [-0.15, -0.1) is 0 Å². The van der Waals surface area contributed by atoms with Crippen molar-refractivity contribution in [3.05, 3.63) is 52.3 Å². The van der Waals surface area contributed by atoms with Crippen molar-refractivity contribution in [2.45, 2.75) is 33.4 Å². The second-order valence-corrected chi connectivity index (χ2v) is 6.53. The molecule has 0 aliphatic rings. The van der Waals surface area contributed by atoms with Crippen LogP contribution in [0.3, 0.4) is 0 Å². The fraction of sp³-hybridized carbons (Fsp3) is 0.438. The Balaban J connectivity index is 1.67. The number of carbonyl (C=O) groups excluding carboxylic acids is 1. The van der Waals surface area contributed by atoms with E-state index in [1.165, 1.54) is 28.4 Å². The number of hydrogen-bond acceptors (Lipinski definition) is 8. The summed E-state index contributed by atoms with van der Waals surface area (Å²) in [7, 11) is 1.55. The van der Waals surface area contributed by atoms with Gasteiger partial charge in [-0.05, 0) is 5.92 Å². The molecule has 3 aromatic heterocycles. The predicted molar refractivity (Wildman–Crippen MR) is 92.6 cm³/mol. The van der Waals surface area contributed by atoms with Gasteiger partial charge in [-0.2, -0.15) is 10.1 Å². The van der Waals surface area contributed by atoms with Crippen LogP contribution in [0.15, 0.2) is 28.2 Å². The van der Waals surface area contributed by atoms with Gasteiger partial charge < -0.3 is 14.4 Å². The molecule has 0 aliphatic heterocycles. The third kappa shape index (κ3) is 4.63. The van der Waals surface area contributed by atoms with Crippen LogP contribution in [-0.4, -0.2) is 52.7 Å². The molecule has 0 saturated heterocycles. The van der Waals surface area contributed by atoms with Crippen LogP contribution >= 0.6 is 0 Å². The topological polar surface area (TPSA) is 136 Å². The molecule has 3 rings (SSSR count). The van der Waals surface area contributed by atoms with Crippen LogP contribution in [0.5, 0.6) is 0 Å². The molecule has 1 N–H and O–H groups in total. The molecule has 142 valence electrons. The third-order valence-corrected chi connectivity index (χ3v) is 3.68. The van der Waals surface area contributed by atoms with E-state index in [4.69, 9.17) is 4.52 Å². The molecule has 0 aliphatic carbocycles. The lowest BCUT2D eigenvalue weighted by molar-refractivity contribution is 0.0767. The van der Waals surface area contributed by atoms with Crippen LogP contribution in [0.2, 0.25) is 0 Å². The van der Waals surface area contributed by atoms with Gasteiger partial charge >= 0.3 is 0 Å². The number of nitrogens with one attached hydrogen (secondary N) is 1. The number of amides is 1. The fourth-order valence-electron chi connectivity index (χ4n) is 2.42. The lowest BCUT2D eigenvalue weighted by atomic mass is 10.1. The maximum Gasteiger partial charge on any atom is 0.263 e. The van der Waals surface area contributed by atoms with E-state index in [0.29, 0.717) is 29.9 Å². The van der Waals surface area contributed by atoms with Crippen LogP contribution in [0.4, 0.5) is 0 Å². The zero-order valence-electron chi connectivity index (χ0n) is 15.3. The second kappa shape index (κ2) is 7.89. The summed E-state index contributed by atoms with van der Waals surface area (Å²) < 4.78 is 6.67. The number of nitrogens with zero attached hydrogens (tertiary/aromatic N) is 7. The average molecular weight is 372 g/mol. The van der Waals surface area contributed by atoms with Gasteiger partial charge in [0.1, 0.15) is 30.6 Å². The molecular formula is C16H20N8O3. The third-order valence-electron chi connectivity index (χ3n) is 3.68. The monoisotopic (exact) mass is 372 g/mol. The lowest BCUT2D eigenvalue weighted by Crippen LogP contribution is -2.32. The number of carbonyl (C=O) groups is 1. The molecule has 0 bridgehead atoms. The number of H-pyrrole nitrogens is 1. The minimum atomic E-state index is -0.525. The van der Waals surface area contributed by atoms with Gasteiger partial charge in [0.05, 0.1) is 6.54 Å². The maximum atomic E-state index is 12.5. The van der Waals surface area contributed by atoms with Crippen molar-refractivity contribution in [1.29, 1.82) is 0 Å². The van der Waals surface area contributed by atoms with Crippen molar-refractivity contribution in [1.82, 2.24) is 39.8 Å². The smallest absolute Gasteiger partial charge is 0.263 e. The Morgan fingerprint density at radius 2 is 2.22 bits per heavy atom. The summed E-state index contributed by atoms with van der Waals surface area (Å²) in [5.41, 5.74) is -0.593. The molecule has 11 heteroatoms. The Labute approximate surface area is 154 Å². The van der Waals surface area contributed by atoms with E-state index in [1.807, 2.05) is 0 Å². The van der Waals surface area contributed by atoms with Gasteiger partial charge in [-0.3, -0.25) is 9.59 Å². The summed E-state index contributed by atoms with van der Waals surface area (Å²) >= 11 is 0. The number of aromatic amines is 1. The number of aromatic nitrogens is 7. The Kier molecular flexibility index (Phi) is 5.38. The van der Waals surface area contributed by atoms with E-state index >= 15 is 0 Å². The minimum absolute atomic E-state index is 0.0678. The molecule has 1 amide bonds. The molecule has 3 aromatic rings. The van der Waals surface area contributed by atoms with Crippen LogP contribution in [0.1, 0.15) is 41.7 Å². The van der Waals surface area contributed by atoms with Crippen LogP contribution in [0, 0.1) is 5.92 Å². The van der Waals surface area contributed by atoms with Crippen molar-refractivity contribution < 1.29 is 9.32 Å². The molecule has 0 saturated carbocycles.